The van der Waals surface area contributed by atoms with Crippen LogP contribution in [0.3, 0.4) is 0 Å². The molecule has 0 aromatic heterocycles. The van der Waals surface area contributed by atoms with Gasteiger partial charge >= 0.3 is 0 Å². The van der Waals surface area contributed by atoms with Gasteiger partial charge in [-0.05, 0) is 38.1 Å². The summed E-state index contributed by atoms with van der Waals surface area (Å²) >= 11 is 0. The number of rotatable bonds is 10. The standard InChI is InChI=1S/C16H27NO3/c1-5-17-11-14-6-7-16(18-4)15(10-14)12-19-8-9-20-13(2)3/h6-7,10,13,17H,5,8-9,11-12H2,1-4H3. The van der Waals surface area contributed by atoms with Crippen LogP contribution in [0, 0.1) is 0 Å². The second kappa shape index (κ2) is 9.75. The Bertz CT molecular complexity index is 380. The Balaban J connectivity index is 2.48. The van der Waals surface area contributed by atoms with E-state index >= 15 is 0 Å². The molecule has 1 aromatic carbocycles. The van der Waals surface area contributed by atoms with Gasteiger partial charge in [-0.1, -0.05) is 13.0 Å². The summed E-state index contributed by atoms with van der Waals surface area (Å²) in [7, 11) is 1.69. The number of hydrogen-bond donors (Lipinski definition) is 1. The third kappa shape index (κ3) is 6.37. The van der Waals surface area contributed by atoms with E-state index in [9.17, 15) is 0 Å². The zero-order chi connectivity index (χ0) is 14.8. The Morgan fingerprint density at radius 1 is 1.20 bits per heavy atom. The summed E-state index contributed by atoms with van der Waals surface area (Å²) in [6, 6.07) is 6.20. The molecule has 1 rings (SSSR count). The molecule has 0 atom stereocenters. The average Bonchev–Trinajstić information content (AvgIpc) is 2.44. The van der Waals surface area contributed by atoms with E-state index in [1.807, 2.05) is 19.9 Å². The number of hydrogen-bond acceptors (Lipinski definition) is 4. The van der Waals surface area contributed by atoms with Gasteiger partial charge in [-0.15, -0.1) is 0 Å². The van der Waals surface area contributed by atoms with Crippen molar-refractivity contribution in [1.29, 1.82) is 0 Å². The summed E-state index contributed by atoms with van der Waals surface area (Å²) < 4.78 is 16.5. The predicted octanol–water partition coefficient (Wildman–Crippen LogP) is 2.75. The molecule has 114 valence electrons. The first-order chi connectivity index (χ1) is 9.67. The second-order valence-electron chi connectivity index (χ2n) is 4.90. The van der Waals surface area contributed by atoms with Crippen LogP contribution in [0.1, 0.15) is 31.9 Å². The third-order valence-electron chi connectivity index (χ3n) is 2.86. The van der Waals surface area contributed by atoms with Crippen LogP contribution in [-0.4, -0.2) is 33.0 Å². The van der Waals surface area contributed by atoms with Gasteiger partial charge in [0.15, 0.2) is 0 Å². The van der Waals surface area contributed by atoms with Crippen molar-refractivity contribution >= 4 is 0 Å². The van der Waals surface area contributed by atoms with E-state index in [2.05, 4.69) is 24.4 Å². The fourth-order valence-corrected chi connectivity index (χ4v) is 1.85. The third-order valence-corrected chi connectivity index (χ3v) is 2.86. The molecule has 1 aromatic rings. The normalized spacial score (nSPS) is 11.1. The van der Waals surface area contributed by atoms with Gasteiger partial charge in [0.25, 0.3) is 0 Å². The number of nitrogens with one attached hydrogen (secondary N) is 1. The van der Waals surface area contributed by atoms with Crippen LogP contribution in [0.4, 0.5) is 0 Å². The Morgan fingerprint density at radius 2 is 2.00 bits per heavy atom. The number of ether oxygens (including phenoxy) is 3. The lowest BCUT2D eigenvalue weighted by molar-refractivity contribution is 0.0139. The van der Waals surface area contributed by atoms with Crippen molar-refractivity contribution in [1.82, 2.24) is 5.32 Å². The van der Waals surface area contributed by atoms with Crippen LogP contribution in [0.25, 0.3) is 0 Å². The highest BCUT2D eigenvalue weighted by molar-refractivity contribution is 5.36. The summed E-state index contributed by atoms with van der Waals surface area (Å²) in [5, 5.41) is 3.32. The molecule has 0 aliphatic carbocycles. The molecule has 0 fully saturated rings. The maximum absolute atomic E-state index is 5.65. The first-order valence-electron chi connectivity index (χ1n) is 7.23. The molecule has 0 radical (unpaired) electrons. The fraction of sp³-hybridized carbons (Fsp3) is 0.625. The van der Waals surface area contributed by atoms with Gasteiger partial charge in [0, 0.05) is 12.1 Å². The molecule has 0 aliphatic heterocycles. The first-order valence-corrected chi connectivity index (χ1v) is 7.23. The lowest BCUT2D eigenvalue weighted by atomic mass is 10.1. The Kier molecular flexibility index (Phi) is 8.26. The van der Waals surface area contributed by atoms with Gasteiger partial charge in [-0.3, -0.25) is 0 Å². The van der Waals surface area contributed by atoms with E-state index in [1.54, 1.807) is 7.11 Å². The van der Waals surface area contributed by atoms with Gasteiger partial charge in [0.2, 0.25) is 0 Å². The molecule has 0 saturated heterocycles. The lowest BCUT2D eigenvalue weighted by Crippen LogP contribution is -2.12. The van der Waals surface area contributed by atoms with Crippen molar-refractivity contribution in [3.63, 3.8) is 0 Å². The minimum Gasteiger partial charge on any atom is -0.496 e. The van der Waals surface area contributed by atoms with Crippen molar-refractivity contribution < 1.29 is 14.2 Å². The molecule has 0 spiro atoms. The monoisotopic (exact) mass is 281 g/mol. The summed E-state index contributed by atoms with van der Waals surface area (Å²) in [6.07, 6.45) is 0.247. The molecule has 0 saturated carbocycles. The number of benzene rings is 1. The Hall–Kier alpha value is -1.10. The largest absolute Gasteiger partial charge is 0.496 e. The van der Waals surface area contributed by atoms with E-state index in [0.717, 1.165) is 24.4 Å². The fourth-order valence-electron chi connectivity index (χ4n) is 1.85. The van der Waals surface area contributed by atoms with Crippen LogP contribution < -0.4 is 10.1 Å². The van der Waals surface area contributed by atoms with Crippen molar-refractivity contribution in [2.24, 2.45) is 0 Å². The second-order valence-corrected chi connectivity index (χ2v) is 4.90. The summed E-state index contributed by atoms with van der Waals surface area (Å²) in [5.74, 6) is 0.870. The molecule has 0 amide bonds. The maximum Gasteiger partial charge on any atom is 0.124 e. The van der Waals surface area contributed by atoms with E-state index in [0.29, 0.717) is 19.8 Å². The SMILES string of the molecule is CCNCc1ccc(OC)c(COCCOC(C)C)c1. The van der Waals surface area contributed by atoms with Crippen LogP contribution in [-0.2, 0) is 22.6 Å². The quantitative estimate of drug-likeness (QED) is 0.669. The molecule has 4 nitrogen and oxygen atoms in total. The first kappa shape index (κ1) is 17.0. The van der Waals surface area contributed by atoms with Crippen molar-refractivity contribution in [3.05, 3.63) is 29.3 Å². The van der Waals surface area contributed by atoms with E-state index < -0.39 is 0 Å². The van der Waals surface area contributed by atoms with Gasteiger partial charge in [-0.25, -0.2) is 0 Å². The molecule has 1 N–H and O–H groups in total. The van der Waals surface area contributed by atoms with E-state index in [1.165, 1.54) is 5.56 Å². The molecule has 0 aliphatic rings. The zero-order valence-electron chi connectivity index (χ0n) is 13.1. The predicted molar refractivity (Wildman–Crippen MR) is 81.1 cm³/mol. The minimum atomic E-state index is 0.247. The molecule has 0 bridgehead atoms. The smallest absolute Gasteiger partial charge is 0.124 e. The van der Waals surface area contributed by atoms with Crippen LogP contribution in [0.15, 0.2) is 18.2 Å². The van der Waals surface area contributed by atoms with Crippen molar-refractivity contribution in [3.8, 4) is 5.75 Å². The van der Waals surface area contributed by atoms with Crippen LogP contribution in [0.5, 0.6) is 5.75 Å². The van der Waals surface area contributed by atoms with E-state index in [4.69, 9.17) is 14.2 Å². The summed E-state index contributed by atoms with van der Waals surface area (Å²) in [5.41, 5.74) is 2.32. The highest BCUT2D eigenvalue weighted by Gasteiger charge is 2.05. The Morgan fingerprint density at radius 3 is 2.65 bits per heavy atom. The minimum absolute atomic E-state index is 0.247. The van der Waals surface area contributed by atoms with Crippen molar-refractivity contribution in [2.75, 3.05) is 26.9 Å². The zero-order valence-corrected chi connectivity index (χ0v) is 13.1. The molecular formula is C16H27NO3. The maximum atomic E-state index is 5.65. The van der Waals surface area contributed by atoms with Gasteiger partial charge in [0.05, 0.1) is 33.0 Å². The average molecular weight is 281 g/mol. The molecule has 0 unspecified atom stereocenters. The molecular weight excluding hydrogens is 254 g/mol. The van der Waals surface area contributed by atoms with Crippen LogP contribution in [0.2, 0.25) is 0 Å². The summed E-state index contributed by atoms with van der Waals surface area (Å²) in [6.45, 7) is 9.73. The highest BCUT2D eigenvalue weighted by atomic mass is 16.5. The van der Waals surface area contributed by atoms with Crippen molar-refractivity contribution in [2.45, 2.75) is 40.0 Å². The van der Waals surface area contributed by atoms with Gasteiger partial charge < -0.3 is 19.5 Å². The molecule has 0 heterocycles. The summed E-state index contributed by atoms with van der Waals surface area (Å²) in [4.78, 5) is 0. The Labute approximate surface area is 122 Å². The van der Waals surface area contributed by atoms with E-state index in [-0.39, 0.29) is 6.10 Å². The van der Waals surface area contributed by atoms with Crippen LogP contribution >= 0.6 is 0 Å². The highest BCUT2D eigenvalue weighted by Crippen LogP contribution is 2.20. The van der Waals surface area contributed by atoms with Gasteiger partial charge in [0.1, 0.15) is 5.75 Å². The molecule has 20 heavy (non-hydrogen) atoms. The lowest BCUT2D eigenvalue weighted by Gasteiger charge is -2.12. The number of methoxy groups -OCH3 is 1. The topological polar surface area (TPSA) is 39.7 Å². The molecule has 4 heteroatoms. The van der Waals surface area contributed by atoms with Gasteiger partial charge in [-0.2, -0.15) is 0 Å².